The van der Waals surface area contributed by atoms with Gasteiger partial charge < -0.3 is 9.73 Å². The van der Waals surface area contributed by atoms with Gasteiger partial charge in [-0.15, -0.1) is 0 Å². The largest absolute Gasteiger partial charge is 0.463 e. The summed E-state index contributed by atoms with van der Waals surface area (Å²) in [7, 11) is 0. The lowest BCUT2D eigenvalue weighted by Gasteiger charge is -2.14. The summed E-state index contributed by atoms with van der Waals surface area (Å²) in [6.07, 6.45) is 3.38. The minimum Gasteiger partial charge on any atom is -0.463 e. The highest BCUT2D eigenvalue weighted by molar-refractivity contribution is 9.09. The number of benzene rings is 1. The van der Waals surface area contributed by atoms with E-state index in [9.17, 15) is 4.79 Å². The van der Waals surface area contributed by atoms with Crippen molar-refractivity contribution in [2.24, 2.45) is 0 Å². The van der Waals surface area contributed by atoms with Crippen LogP contribution in [0, 0.1) is 0 Å². The number of rotatable bonds is 5. The Hall–Kier alpha value is -1.29. The fraction of sp³-hybridized carbons (Fsp3) is 0.357. The van der Waals surface area contributed by atoms with Crippen LogP contribution < -0.4 is 5.32 Å². The molecule has 1 aromatic heterocycles. The average molecular weight is 310 g/mol. The van der Waals surface area contributed by atoms with Gasteiger partial charge in [0.25, 0.3) is 5.91 Å². The first-order valence-electron chi connectivity index (χ1n) is 6.09. The molecule has 0 aliphatic heterocycles. The molecule has 0 radical (unpaired) electrons. The number of nitrogens with one attached hydrogen (secondary N) is 1. The number of halogens is 1. The normalized spacial score (nSPS) is 12.6. The molecule has 1 atom stereocenters. The summed E-state index contributed by atoms with van der Waals surface area (Å²) in [6, 6.07) is 7.77. The number of para-hydroxylation sites is 1. The highest BCUT2D eigenvalue weighted by Crippen LogP contribution is 2.20. The van der Waals surface area contributed by atoms with Crippen LogP contribution in [0.25, 0.3) is 11.0 Å². The highest BCUT2D eigenvalue weighted by atomic mass is 79.9. The zero-order valence-corrected chi connectivity index (χ0v) is 11.9. The number of furan rings is 1. The number of hydrogen-bond donors (Lipinski definition) is 1. The molecule has 96 valence electrons. The van der Waals surface area contributed by atoms with E-state index in [1.165, 1.54) is 6.26 Å². The van der Waals surface area contributed by atoms with Crippen LogP contribution in [0.1, 0.15) is 30.1 Å². The predicted octanol–water partition coefficient (Wildman–Crippen LogP) is 3.73. The van der Waals surface area contributed by atoms with E-state index in [2.05, 4.69) is 28.2 Å². The number of carbonyl (C=O) groups is 1. The van der Waals surface area contributed by atoms with Gasteiger partial charge in [0.1, 0.15) is 11.8 Å². The maximum Gasteiger partial charge on any atom is 0.255 e. The minimum atomic E-state index is -0.0623. The molecule has 0 aliphatic rings. The van der Waals surface area contributed by atoms with Gasteiger partial charge in [0.05, 0.1) is 5.56 Å². The standard InChI is InChI=1S/C14H16BrNO2/c1-2-10(7-8-15)16-14(17)12-9-18-13-6-4-3-5-11(12)13/h3-6,9-10H,2,7-8H2,1H3,(H,16,17). The molecule has 3 nitrogen and oxygen atoms in total. The summed E-state index contributed by atoms with van der Waals surface area (Å²) in [5.74, 6) is -0.0623. The zero-order chi connectivity index (χ0) is 13.0. The first-order chi connectivity index (χ1) is 8.76. The van der Waals surface area contributed by atoms with Gasteiger partial charge in [0.2, 0.25) is 0 Å². The fourth-order valence-corrected chi connectivity index (χ4v) is 2.48. The van der Waals surface area contributed by atoms with Crippen LogP contribution in [-0.2, 0) is 0 Å². The van der Waals surface area contributed by atoms with Gasteiger partial charge in [0.15, 0.2) is 0 Å². The Labute approximate surface area is 115 Å². The lowest BCUT2D eigenvalue weighted by molar-refractivity contribution is 0.0936. The van der Waals surface area contributed by atoms with Crippen LogP contribution in [-0.4, -0.2) is 17.3 Å². The van der Waals surface area contributed by atoms with Crippen molar-refractivity contribution >= 4 is 32.8 Å². The van der Waals surface area contributed by atoms with E-state index in [0.717, 1.165) is 29.1 Å². The summed E-state index contributed by atoms with van der Waals surface area (Å²) in [5.41, 5.74) is 1.36. The average Bonchev–Trinajstić information content (AvgIpc) is 2.82. The Morgan fingerprint density at radius 2 is 2.22 bits per heavy atom. The molecule has 0 saturated carbocycles. The number of hydrogen-bond acceptors (Lipinski definition) is 2. The topological polar surface area (TPSA) is 42.2 Å². The second-order valence-corrected chi connectivity index (χ2v) is 4.99. The predicted molar refractivity (Wildman–Crippen MR) is 76.2 cm³/mol. The van der Waals surface area contributed by atoms with Gasteiger partial charge in [-0.05, 0) is 18.9 Å². The van der Waals surface area contributed by atoms with Gasteiger partial charge in [-0.3, -0.25) is 4.79 Å². The lowest BCUT2D eigenvalue weighted by atomic mass is 10.1. The molecule has 18 heavy (non-hydrogen) atoms. The Morgan fingerprint density at radius 3 is 2.94 bits per heavy atom. The van der Waals surface area contributed by atoms with Crippen LogP contribution in [0.5, 0.6) is 0 Å². The summed E-state index contributed by atoms with van der Waals surface area (Å²) in [6.45, 7) is 2.07. The van der Waals surface area contributed by atoms with Gasteiger partial charge in [-0.25, -0.2) is 0 Å². The molecule has 2 rings (SSSR count). The molecule has 0 saturated heterocycles. The van der Waals surface area contributed by atoms with Crippen molar-refractivity contribution in [2.75, 3.05) is 5.33 Å². The molecule has 1 heterocycles. The van der Waals surface area contributed by atoms with Crippen LogP contribution in [0.2, 0.25) is 0 Å². The van der Waals surface area contributed by atoms with Crippen LogP contribution in [0.4, 0.5) is 0 Å². The molecule has 0 fully saturated rings. The van der Waals surface area contributed by atoms with E-state index in [1.807, 2.05) is 24.3 Å². The van der Waals surface area contributed by atoms with Gasteiger partial charge >= 0.3 is 0 Å². The SMILES string of the molecule is CCC(CCBr)NC(=O)c1coc2ccccc12. The van der Waals surface area contributed by atoms with E-state index in [0.29, 0.717) is 5.56 Å². The maximum atomic E-state index is 12.2. The second-order valence-electron chi connectivity index (χ2n) is 4.20. The third-order valence-electron chi connectivity index (χ3n) is 3.01. The number of amides is 1. The smallest absolute Gasteiger partial charge is 0.255 e. The zero-order valence-electron chi connectivity index (χ0n) is 10.3. The Balaban J connectivity index is 2.18. The van der Waals surface area contributed by atoms with Crippen molar-refractivity contribution in [3.8, 4) is 0 Å². The van der Waals surface area contributed by atoms with Crippen molar-refractivity contribution in [3.05, 3.63) is 36.1 Å². The van der Waals surface area contributed by atoms with E-state index in [-0.39, 0.29) is 11.9 Å². The Bertz CT molecular complexity index is 535. The molecule has 0 spiro atoms. The third-order valence-corrected chi connectivity index (χ3v) is 3.47. The van der Waals surface area contributed by atoms with Crippen LogP contribution in [0.15, 0.2) is 34.9 Å². The van der Waals surface area contributed by atoms with Crippen molar-refractivity contribution in [1.29, 1.82) is 0 Å². The molecule has 0 aliphatic carbocycles. The number of alkyl halides is 1. The van der Waals surface area contributed by atoms with Crippen LogP contribution >= 0.6 is 15.9 Å². The molecular weight excluding hydrogens is 294 g/mol. The van der Waals surface area contributed by atoms with Crippen molar-refractivity contribution < 1.29 is 9.21 Å². The van der Waals surface area contributed by atoms with Crippen molar-refractivity contribution in [1.82, 2.24) is 5.32 Å². The monoisotopic (exact) mass is 309 g/mol. The summed E-state index contributed by atoms with van der Waals surface area (Å²) < 4.78 is 5.38. The lowest BCUT2D eigenvalue weighted by Crippen LogP contribution is -2.34. The number of carbonyl (C=O) groups excluding carboxylic acids is 1. The summed E-state index contributed by atoms with van der Waals surface area (Å²) in [5, 5.41) is 4.78. The van der Waals surface area contributed by atoms with E-state index in [1.54, 1.807) is 0 Å². The minimum absolute atomic E-state index is 0.0623. The second kappa shape index (κ2) is 6.05. The van der Waals surface area contributed by atoms with E-state index in [4.69, 9.17) is 4.42 Å². The fourth-order valence-electron chi connectivity index (χ4n) is 1.93. The molecular formula is C14H16BrNO2. The Morgan fingerprint density at radius 1 is 1.44 bits per heavy atom. The molecule has 0 bridgehead atoms. The molecule has 1 unspecified atom stereocenters. The summed E-state index contributed by atoms with van der Waals surface area (Å²) in [4.78, 5) is 12.2. The first kappa shape index (κ1) is 13.1. The van der Waals surface area contributed by atoms with Gasteiger partial charge in [-0.1, -0.05) is 41.1 Å². The molecule has 1 amide bonds. The molecule has 4 heteroatoms. The molecule has 1 aromatic carbocycles. The molecule has 2 aromatic rings. The third kappa shape index (κ3) is 2.75. The van der Waals surface area contributed by atoms with E-state index >= 15 is 0 Å². The highest BCUT2D eigenvalue weighted by Gasteiger charge is 2.16. The van der Waals surface area contributed by atoms with Crippen molar-refractivity contribution in [3.63, 3.8) is 0 Å². The Kier molecular flexibility index (Phi) is 4.42. The van der Waals surface area contributed by atoms with Gasteiger partial charge in [0, 0.05) is 16.8 Å². The van der Waals surface area contributed by atoms with Crippen LogP contribution in [0.3, 0.4) is 0 Å². The van der Waals surface area contributed by atoms with Crippen molar-refractivity contribution in [2.45, 2.75) is 25.8 Å². The van der Waals surface area contributed by atoms with Gasteiger partial charge in [-0.2, -0.15) is 0 Å². The van der Waals surface area contributed by atoms with E-state index < -0.39 is 0 Å². The quantitative estimate of drug-likeness (QED) is 0.855. The molecule has 1 N–H and O–H groups in total. The maximum absolute atomic E-state index is 12.2. The first-order valence-corrected chi connectivity index (χ1v) is 7.21. The summed E-state index contributed by atoms with van der Waals surface area (Å²) >= 11 is 3.40. The number of fused-ring (bicyclic) bond motifs is 1.